The van der Waals surface area contributed by atoms with Crippen LogP contribution in [0.5, 0.6) is 0 Å². The van der Waals surface area contributed by atoms with Crippen LogP contribution in [0.15, 0.2) is 78.9 Å². The number of imidazole rings is 1. The smallest absolute Gasteiger partial charge is 0.251 e. The number of rotatable bonds is 10. The average molecular weight is 489 g/mol. The zero-order valence-corrected chi connectivity index (χ0v) is 20.5. The zero-order chi connectivity index (χ0) is 24.6. The summed E-state index contributed by atoms with van der Waals surface area (Å²) in [4.78, 5) is 31.8. The van der Waals surface area contributed by atoms with Gasteiger partial charge >= 0.3 is 0 Å². The van der Waals surface area contributed by atoms with Gasteiger partial charge in [-0.3, -0.25) is 9.59 Å². The topological polar surface area (TPSA) is 67.2 Å². The summed E-state index contributed by atoms with van der Waals surface area (Å²) in [6.45, 7) is 0.832. The number of fused-ring (bicyclic) bond motifs is 1. The molecular formula is C28H29ClN4O2. The molecule has 1 aromatic heterocycles. The fourth-order valence-electron chi connectivity index (χ4n) is 4.05. The fraction of sp³-hybridized carbons (Fsp3) is 0.250. The SMILES string of the molecule is CN(C(=O)Cn1c(CCCCCNC(=O)c2cccc(Cl)c2)nc2ccccc21)c1ccccc1. The van der Waals surface area contributed by atoms with Crippen LogP contribution in [0.25, 0.3) is 11.0 Å². The predicted molar refractivity (Wildman–Crippen MR) is 141 cm³/mol. The van der Waals surface area contributed by atoms with Gasteiger partial charge in [-0.25, -0.2) is 4.98 Å². The van der Waals surface area contributed by atoms with Crippen LogP contribution >= 0.6 is 11.6 Å². The lowest BCUT2D eigenvalue weighted by atomic mass is 10.1. The van der Waals surface area contributed by atoms with E-state index in [1.807, 2.05) is 59.2 Å². The summed E-state index contributed by atoms with van der Waals surface area (Å²) in [6.07, 6.45) is 3.48. The molecule has 3 aromatic carbocycles. The van der Waals surface area contributed by atoms with E-state index in [2.05, 4.69) is 5.32 Å². The molecule has 0 aliphatic heterocycles. The largest absolute Gasteiger partial charge is 0.352 e. The molecule has 2 amide bonds. The monoisotopic (exact) mass is 488 g/mol. The Balaban J connectivity index is 1.33. The van der Waals surface area contributed by atoms with Gasteiger partial charge < -0.3 is 14.8 Å². The van der Waals surface area contributed by atoms with Crippen molar-refractivity contribution in [1.29, 1.82) is 0 Å². The molecule has 0 bridgehead atoms. The molecule has 0 saturated carbocycles. The molecule has 7 heteroatoms. The number of aromatic nitrogens is 2. The van der Waals surface area contributed by atoms with E-state index in [0.29, 0.717) is 17.1 Å². The molecule has 4 aromatic rings. The zero-order valence-electron chi connectivity index (χ0n) is 19.8. The number of carbonyl (C=O) groups is 2. The van der Waals surface area contributed by atoms with Crippen LogP contribution in [0, 0.1) is 0 Å². The number of carbonyl (C=O) groups excluding carboxylic acids is 2. The number of anilines is 1. The second kappa shape index (κ2) is 11.7. The maximum Gasteiger partial charge on any atom is 0.251 e. The van der Waals surface area contributed by atoms with Crippen LogP contribution in [0.3, 0.4) is 0 Å². The van der Waals surface area contributed by atoms with Crippen molar-refractivity contribution in [1.82, 2.24) is 14.9 Å². The molecule has 0 aliphatic carbocycles. The van der Waals surface area contributed by atoms with E-state index in [1.165, 1.54) is 0 Å². The Bertz CT molecular complexity index is 1300. The lowest BCUT2D eigenvalue weighted by Gasteiger charge is -2.18. The second-order valence-electron chi connectivity index (χ2n) is 8.47. The third kappa shape index (κ3) is 6.28. The van der Waals surface area contributed by atoms with Crippen molar-refractivity contribution in [2.45, 2.75) is 32.2 Å². The summed E-state index contributed by atoms with van der Waals surface area (Å²) in [5, 5.41) is 3.49. The molecule has 35 heavy (non-hydrogen) atoms. The Labute approximate surface area is 210 Å². The molecule has 1 N–H and O–H groups in total. The van der Waals surface area contributed by atoms with Crippen molar-refractivity contribution < 1.29 is 9.59 Å². The number of halogens is 1. The minimum absolute atomic E-state index is 0.00401. The Morgan fingerprint density at radius 3 is 2.51 bits per heavy atom. The van der Waals surface area contributed by atoms with Gasteiger partial charge in [0, 0.05) is 36.3 Å². The number of benzene rings is 3. The number of amides is 2. The van der Waals surface area contributed by atoms with Gasteiger partial charge in [-0.2, -0.15) is 0 Å². The van der Waals surface area contributed by atoms with Crippen molar-refractivity contribution in [2.24, 2.45) is 0 Å². The maximum atomic E-state index is 13.1. The number of nitrogens with one attached hydrogen (secondary N) is 1. The van der Waals surface area contributed by atoms with E-state index in [1.54, 1.807) is 36.2 Å². The molecule has 0 aliphatic rings. The molecule has 0 radical (unpaired) electrons. The lowest BCUT2D eigenvalue weighted by molar-refractivity contribution is -0.118. The highest BCUT2D eigenvalue weighted by atomic mass is 35.5. The third-order valence-corrected chi connectivity index (χ3v) is 6.23. The molecule has 6 nitrogen and oxygen atoms in total. The summed E-state index contributed by atoms with van der Waals surface area (Å²) in [6, 6.07) is 24.5. The minimum Gasteiger partial charge on any atom is -0.352 e. The number of nitrogens with zero attached hydrogens (tertiary/aromatic N) is 3. The number of hydrogen-bond acceptors (Lipinski definition) is 3. The van der Waals surface area contributed by atoms with Crippen LogP contribution in [-0.2, 0) is 17.8 Å². The average Bonchev–Trinajstić information content (AvgIpc) is 3.23. The highest BCUT2D eigenvalue weighted by Crippen LogP contribution is 2.19. The van der Waals surface area contributed by atoms with Crippen LogP contribution in [-0.4, -0.2) is 35.0 Å². The Kier molecular flexibility index (Phi) is 8.16. The van der Waals surface area contributed by atoms with E-state index in [-0.39, 0.29) is 18.4 Å². The first-order valence-electron chi connectivity index (χ1n) is 11.8. The van der Waals surface area contributed by atoms with E-state index in [0.717, 1.165) is 48.2 Å². The van der Waals surface area contributed by atoms with Crippen molar-refractivity contribution in [3.63, 3.8) is 0 Å². The van der Waals surface area contributed by atoms with Gasteiger partial charge in [-0.15, -0.1) is 0 Å². The van der Waals surface area contributed by atoms with E-state index in [9.17, 15) is 9.59 Å². The highest BCUT2D eigenvalue weighted by molar-refractivity contribution is 6.30. The van der Waals surface area contributed by atoms with Gasteiger partial charge in [0.2, 0.25) is 5.91 Å². The molecule has 0 atom stereocenters. The van der Waals surface area contributed by atoms with Crippen LogP contribution in [0.2, 0.25) is 5.02 Å². The van der Waals surface area contributed by atoms with Crippen molar-refractivity contribution >= 4 is 40.1 Å². The molecule has 4 rings (SSSR count). The summed E-state index contributed by atoms with van der Waals surface area (Å²) in [5.74, 6) is 0.795. The first-order chi connectivity index (χ1) is 17.0. The minimum atomic E-state index is -0.115. The Morgan fingerprint density at radius 1 is 0.943 bits per heavy atom. The standard InChI is InChI=1S/C28H29ClN4O2/c1-32(23-13-4-2-5-14-23)27(34)20-33-25-16-8-7-15-24(25)31-26(33)17-6-3-9-18-30-28(35)21-11-10-12-22(29)19-21/h2,4-5,7-8,10-16,19H,3,6,9,17-18,20H2,1H3,(H,30,35). The maximum absolute atomic E-state index is 13.1. The molecule has 0 saturated heterocycles. The van der Waals surface area contributed by atoms with Gasteiger partial charge in [0.05, 0.1) is 11.0 Å². The van der Waals surface area contributed by atoms with Gasteiger partial charge in [0.25, 0.3) is 5.91 Å². The van der Waals surface area contributed by atoms with Crippen LogP contribution in [0.4, 0.5) is 5.69 Å². The van der Waals surface area contributed by atoms with E-state index >= 15 is 0 Å². The highest BCUT2D eigenvalue weighted by Gasteiger charge is 2.17. The fourth-order valence-corrected chi connectivity index (χ4v) is 4.24. The molecule has 0 spiro atoms. The normalized spacial score (nSPS) is 10.9. The number of para-hydroxylation sites is 3. The number of hydrogen-bond donors (Lipinski definition) is 1. The van der Waals surface area contributed by atoms with E-state index < -0.39 is 0 Å². The molecule has 0 unspecified atom stereocenters. The van der Waals surface area contributed by atoms with Crippen molar-refractivity contribution in [3.8, 4) is 0 Å². The van der Waals surface area contributed by atoms with Crippen LogP contribution in [0.1, 0.15) is 35.4 Å². The molecular weight excluding hydrogens is 460 g/mol. The van der Waals surface area contributed by atoms with Crippen molar-refractivity contribution in [3.05, 3.63) is 95.3 Å². The van der Waals surface area contributed by atoms with Gasteiger partial charge in [-0.05, 0) is 55.3 Å². The number of likely N-dealkylation sites (N-methyl/N-ethyl adjacent to an activating group) is 1. The van der Waals surface area contributed by atoms with Gasteiger partial charge in [-0.1, -0.05) is 54.4 Å². The predicted octanol–water partition coefficient (Wildman–Crippen LogP) is 5.50. The van der Waals surface area contributed by atoms with E-state index in [4.69, 9.17) is 16.6 Å². The quantitative estimate of drug-likeness (QED) is 0.300. The number of unbranched alkanes of at least 4 members (excludes halogenated alkanes) is 2. The first-order valence-corrected chi connectivity index (χ1v) is 12.2. The second-order valence-corrected chi connectivity index (χ2v) is 8.90. The lowest BCUT2D eigenvalue weighted by Crippen LogP contribution is -2.30. The third-order valence-electron chi connectivity index (χ3n) is 5.99. The van der Waals surface area contributed by atoms with Gasteiger partial charge in [0.1, 0.15) is 12.4 Å². The Morgan fingerprint density at radius 2 is 1.71 bits per heavy atom. The van der Waals surface area contributed by atoms with Crippen molar-refractivity contribution in [2.75, 3.05) is 18.5 Å². The molecule has 0 fully saturated rings. The molecule has 1 heterocycles. The Hall–Kier alpha value is -3.64. The van der Waals surface area contributed by atoms with Gasteiger partial charge in [0.15, 0.2) is 0 Å². The molecule has 180 valence electrons. The summed E-state index contributed by atoms with van der Waals surface area (Å²) in [7, 11) is 1.80. The van der Waals surface area contributed by atoms with Crippen LogP contribution < -0.4 is 10.2 Å². The number of aryl methyl sites for hydroxylation is 1. The first kappa shape index (κ1) is 24.5. The summed E-state index contributed by atoms with van der Waals surface area (Å²) < 4.78 is 2.03. The summed E-state index contributed by atoms with van der Waals surface area (Å²) in [5.41, 5.74) is 3.29. The summed E-state index contributed by atoms with van der Waals surface area (Å²) >= 11 is 5.96.